The molecular formula is C14H20FNO2S. The number of benzene rings is 1. The van der Waals surface area contributed by atoms with Gasteiger partial charge in [-0.25, -0.2) is 4.39 Å². The highest BCUT2D eigenvalue weighted by Gasteiger charge is 2.25. The van der Waals surface area contributed by atoms with Gasteiger partial charge in [-0.1, -0.05) is 6.42 Å². The normalized spacial score (nSPS) is 19.3. The summed E-state index contributed by atoms with van der Waals surface area (Å²) in [6.45, 7) is 0.960. The van der Waals surface area contributed by atoms with Crippen molar-refractivity contribution in [2.75, 3.05) is 27.0 Å². The number of ether oxygens (including phenoxy) is 2. The van der Waals surface area contributed by atoms with Crippen LogP contribution in [0.25, 0.3) is 0 Å². The number of methoxy groups -OCH3 is 2. The van der Waals surface area contributed by atoms with E-state index in [2.05, 4.69) is 5.32 Å². The molecule has 0 bridgehead atoms. The molecule has 106 valence electrons. The third-order valence-electron chi connectivity index (χ3n) is 3.47. The molecule has 0 aromatic heterocycles. The lowest BCUT2D eigenvalue weighted by molar-refractivity contribution is 0.327. The molecule has 0 radical (unpaired) electrons. The van der Waals surface area contributed by atoms with Crippen LogP contribution in [-0.2, 0) is 0 Å². The zero-order valence-electron chi connectivity index (χ0n) is 11.6. The highest BCUT2D eigenvalue weighted by atomic mass is 32.2. The van der Waals surface area contributed by atoms with Crippen LogP contribution in [0.2, 0.25) is 0 Å². The van der Waals surface area contributed by atoms with E-state index < -0.39 is 0 Å². The second-order valence-electron chi connectivity index (χ2n) is 4.55. The van der Waals surface area contributed by atoms with Gasteiger partial charge in [0.15, 0.2) is 11.5 Å². The lowest BCUT2D eigenvalue weighted by Gasteiger charge is -2.27. The average Bonchev–Trinajstić information content (AvgIpc) is 2.46. The van der Waals surface area contributed by atoms with Crippen LogP contribution in [0.5, 0.6) is 11.5 Å². The van der Waals surface area contributed by atoms with Gasteiger partial charge in [0.05, 0.1) is 19.1 Å². The maximum atomic E-state index is 14.2. The second kappa shape index (κ2) is 6.48. The molecule has 1 aromatic carbocycles. The van der Waals surface area contributed by atoms with E-state index in [-0.39, 0.29) is 11.9 Å². The first-order chi connectivity index (χ1) is 9.22. The van der Waals surface area contributed by atoms with E-state index in [1.807, 2.05) is 6.26 Å². The highest BCUT2D eigenvalue weighted by Crippen LogP contribution is 2.44. The zero-order chi connectivity index (χ0) is 13.8. The van der Waals surface area contributed by atoms with E-state index in [9.17, 15) is 4.39 Å². The topological polar surface area (TPSA) is 30.5 Å². The van der Waals surface area contributed by atoms with Crippen LogP contribution in [0.15, 0.2) is 11.0 Å². The van der Waals surface area contributed by atoms with Crippen molar-refractivity contribution in [2.24, 2.45) is 0 Å². The van der Waals surface area contributed by atoms with E-state index in [0.717, 1.165) is 24.9 Å². The molecule has 1 unspecified atom stereocenters. The van der Waals surface area contributed by atoms with Gasteiger partial charge in [-0.3, -0.25) is 0 Å². The Bertz CT molecular complexity index is 448. The summed E-state index contributed by atoms with van der Waals surface area (Å²) in [4.78, 5) is 0.499. The van der Waals surface area contributed by atoms with Crippen molar-refractivity contribution in [2.45, 2.75) is 30.2 Å². The van der Waals surface area contributed by atoms with Gasteiger partial charge >= 0.3 is 0 Å². The van der Waals surface area contributed by atoms with E-state index >= 15 is 0 Å². The van der Waals surface area contributed by atoms with E-state index in [1.165, 1.54) is 18.2 Å². The number of halogens is 1. The van der Waals surface area contributed by atoms with Gasteiger partial charge in [0, 0.05) is 11.6 Å². The van der Waals surface area contributed by atoms with Gasteiger partial charge in [0.25, 0.3) is 0 Å². The van der Waals surface area contributed by atoms with E-state index in [1.54, 1.807) is 20.3 Å². The molecule has 0 amide bonds. The van der Waals surface area contributed by atoms with Gasteiger partial charge in [-0.2, -0.15) is 0 Å². The zero-order valence-corrected chi connectivity index (χ0v) is 12.4. The van der Waals surface area contributed by atoms with Crippen LogP contribution >= 0.6 is 11.8 Å². The van der Waals surface area contributed by atoms with Gasteiger partial charge in [-0.05, 0) is 31.7 Å². The lowest BCUT2D eigenvalue weighted by atomic mass is 9.96. The van der Waals surface area contributed by atoms with Crippen molar-refractivity contribution in [3.05, 3.63) is 17.4 Å². The molecule has 2 rings (SSSR count). The molecule has 3 nitrogen and oxygen atoms in total. The number of piperidine rings is 1. The number of rotatable bonds is 4. The van der Waals surface area contributed by atoms with Crippen LogP contribution in [-0.4, -0.2) is 27.0 Å². The Morgan fingerprint density at radius 2 is 2.00 bits per heavy atom. The molecule has 19 heavy (non-hydrogen) atoms. The van der Waals surface area contributed by atoms with Crippen LogP contribution in [0.4, 0.5) is 4.39 Å². The summed E-state index contributed by atoms with van der Waals surface area (Å²) in [5.74, 6) is 0.901. The molecule has 0 aliphatic carbocycles. The van der Waals surface area contributed by atoms with Crippen molar-refractivity contribution >= 4 is 11.8 Å². The number of hydrogen-bond donors (Lipinski definition) is 1. The summed E-state index contributed by atoms with van der Waals surface area (Å²) < 4.78 is 25.0. The summed E-state index contributed by atoms with van der Waals surface area (Å²) in [7, 11) is 3.15. The lowest BCUT2D eigenvalue weighted by Crippen LogP contribution is -2.27. The summed E-state index contributed by atoms with van der Waals surface area (Å²) in [6, 6.07) is 1.72. The summed E-state index contributed by atoms with van der Waals surface area (Å²) >= 11 is 1.33. The quantitative estimate of drug-likeness (QED) is 0.859. The average molecular weight is 285 g/mol. The largest absolute Gasteiger partial charge is 0.492 e. The Balaban J connectivity index is 2.50. The fourth-order valence-corrected chi connectivity index (χ4v) is 3.19. The Labute approximate surface area is 117 Å². The molecule has 1 aliphatic rings. The summed E-state index contributed by atoms with van der Waals surface area (Å²) in [5, 5.41) is 3.42. The molecule has 1 fully saturated rings. The van der Waals surface area contributed by atoms with Crippen molar-refractivity contribution in [1.29, 1.82) is 0 Å². The Hall–Kier alpha value is -0.940. The summed E-state index contributed by atoms with van der Waals surface area (Å²) in [6.07, 6.45) is 5.15. The van der Waals surface area contributed by atoms with Crippen LogP contribution in [0.3, 0.4) is 0 Å². The van der Waals surface area contributed by atoms with Gasteiger partial charge in [0.1, 0.15) is 5.82 Å². The first-order valence-corrected chi connectivity index (χ1v) is 7.67. The van der Waals surface area contributed by atoms with Crippen molar-refractivity contribution < 1.29 is 13.9 Å². The summed E-state index contributed by atoms with van der Waals surface area (Å²) in [5.41, 5.74) is 0.856. The third kappa shape index (κ3) is 2.82. The van der Waals surface area contributed by atoms with Crippen LogP contribution in [0.1, 0.15) is 30.9 Å². The van der Waals surface area contributed by atoms with Gasteiger partial charge in [-0.15, -0.1) is 11.8 Å². The van der Waals surface area contributed by atoms with E-state index in [4.69, 9.17) is 9.47 Å². The highest BCUT2D eigenvalue weighted by molar-refractivity contribution is 7.98. The smallest absolute Gasteiger partial charge is 0.177 e. The minimum absolute atomic E-state index is 0.142. The maximum Gasteiger partial charge on any atom is 0.177 e. The number of thioether (sulfide) groups is 1. The molecule has 1 aliphatic heterocycles. The molecule has 1 N–H and O–H groups in total. The first-order valence-electron chi connectivity index (χ1n) is 6.44. The van der Waals surface area contributed by atoms with Crippen LogP contribution in [0, 0.1) is 5.82 Å². The monoisotopic (exact) mass is 285 g/mol. The minimum Gasteiger partial charge on any atom is -0.492 e. The first kappa shape index (κ1) is 14.5. The number of nitrogens with one attached hydrogen (secondary N) is 1. The van der Waals surface area contributed by atoms with E-state index in [0.29, 0.717) is 16.4 Å². The molecule has 1 heterocycles. The minimum atomic E-state index is -0.243. The fraction of sp³-hybridized carbons (Fsp3) is 0.571. The predicted octanol–water partition coefficient (Wildman–Crippen LogP) is 3.38. The van der Waals surface area contributed by atoms with Crippen molar-refractivity contribution in [1.82, 2.24) is 5.32 Å². The van der Waals surface area contributed by atoms with Gasteiger partial charge < -0.3 is 14.8 Å². The van der Waals surface area contributed by atoms with Crippen molar-refractivity contribution in [3.8, 4) is 11.5 Å². The van der Waals surface area contributed by atoms with Crippen LogP contribution < -0.4 is 14.8 Å². The Kier molecular flexibility index (Phi) is 4.93. The predicted molar refractivity (Wildman–Crippen MR) is 75.9 cm³/mol. The molecule has 5 heteroatoms. The standard InChI is InChI=1S/C14H20FNO2S/c1-17-12-9(11-6-4-5-7-16-11)8-10(15)14(19-3)13(12)18-2/h8,11,16H,4-7H2,1-3H3. The SMILES string of the molecule is COc1c(C2CCCCN2)cc(F)c(SC)c1OC. The molecule has 0 spiro atoms. The molecule has 1 aromatic rings. The van der Waals surface area contributed by atoms with Crippen molar-refractivity contribution in [3.63, 3.8) is 0 Å². The van der Waals surface area contributed by atoms with Gasteiger partial charge in [0.2, 0.25) is 0 Å². The number of hydrogen-bond acceptors (Lipinski definition) is 4. The second-order valence-corrected chi connectivity index (χ2v) is 5.37. The molecule has 1 saturated heterocycles. The third-order valence-corrected chi connectivity index (χ3v) is 4.26. The Morgan fingerprint density at radius 3 is 2.53 bits per heavy atom. The molecular weight excluding hydrogens is 265 g/mol. The fourth-order valence-electron chi connectivity index (χ4n) is 2.57. The Morgan fingerprint density at radius 1 is 1.26 bits per heavy atom. The maximum absolute atomic E-state index is 14.2. The molecule has 1 atom stereocenters. The molecule has 0 saturated carbocycles.